The number of rotatable bonds is 2. The Labute approximate surface area is 74.4 Å². The van der Waals surface area contributed by atoms with Gasteiger partial charge in [-0.05, 0) is 21.8 Å². The fraction of sp³-hybridized carbons (Fsp3) is 0.571. The van der Waals surface area contributed by atoms with Gasteiger partial charge in [-0.3, -0.25) is 0 Å². The highest BCUT2D eigenvalue weighted by atomic mass is 79.9. The lowest BCUT2D eigenvalue weighted by Crippen LogP contribution is -2.01. The summed E-state index contributed by atoms with van der Waals surface area (Å²) in [6, 6.07) is 0. The lowest BCUT2D eigenvalue weighted by atomic mass is 10.1. The summed E-state index contributed by atoms with van der Waals surface area (Å²) in [6.07, 6.45) is 2.43. The fourth-order valence-corrected chi connectivity index (χ4v) is 1.07. The molecule has 0 N–H and O–H groups in total. The molecule has 0 spiro atoms. The van der Waals surface area contributed by atoms with Crippen LogP contribution in [-0.2, 0) is 6.42 Å². The van der Waals surface area contributed by atoms with E-state index < -0.39 is 0 Å². The van der Waals surface area contributed by atoms with E-state index >= 15 is 0 Å². The Kier molecular flexibility index (Phi) is 2.93. The maximum Gasteiger partial charge on any atom is 0.199 e. The van der Waals surface area contributed by atoms with E-state index in [-0.39, 0.29) is 0 Å². The van der Waals surface area contributed by atoms with E-state index in [9.17, 15) is 0 Å². The molecule has 0 saturated heterocycles. The number of nitrogens with zero attached hydrogens (tertiary/aromatic N) is 3. The second-order valence-electron chi connectivity index (χ2n) is 2.77. The van der Waals surface area contributed by atoms with Crippen LogP contribution in [0, 0.1) is 5.92 Å². The third-order valence-electron chi connectivity index (χ3n) is 1.18. The number of hydrogen-bond acceptors (Lipinski definition) is 3. The van der Waals surface area contributed by atoms with Crippen molar-refractivity contribution in [1.82, 2.24) is 15.0 Å². The third kappa shape index (κ3) is 2.93. The quantitative estimate of drug-likeness (QED) is 0.756. The summed E-state index contributed by atoms with van der Waals surface area (Å²) < 4.78 is 0.614. The first-order chi connectivity index (χ1) is 5.18. The van der Waals surface area contributed by atoms with E-state index in [1.165, 1.54) is 6.33 Å². The summed E-state index contributed by atoms with van der Waals surface area (Å²) >= 11 is 3.19. The molecule has 0 amide bonds. The van der Waals surface area contributed by atoms with E-state index in [0.29, 0.717) is 10.7 Å². The van der Waals surface area contributed by atoms with Crippen LogP contribution in [0.15, 0.2) is 11.1 Å². The molecule has 4 heteroatoms. The Morgan fingerprint density at radius 1 is 1.45 bits per heavy atom. The van der Waals surface area contributed by atoms with Crippen LogP contribution in [0.1, 0.15) is 19.7 Å². The fourth-order valence-electron chi connectivity index (χ4n) is 0.771. The maximum atomic E-state index is 4.11. The van der Waals surface area contributed by atoms with Crippen LogP contribution in [-0.4, -0.2) is 15.0 Å². The molecule has 0 bridgehead atoms. The van der Waals surface area contributed by atoms with Gasteiger partial charge in [-0.25, -0.2) is 15.0 Å². The van der Waals surface area contributed by atoms with Crippen molar-refractivity contribution in [1.29, 1.82) is 0 Å². The molecule has 0 radical (unpaired) electrons. The van der Waals surface area contributed by atoms with Crippen LogP contribution in [0.2, 0.25) is 0 Å². The first kappa shape index (κ1) is 8.59. The summed E-state index contributed by atoms with van der Waals surface area (Å²) in [5.74, 6) is 1.44. The van der Waals surface area contributed by atoms with Crippen LogP contribution in [0.4, 0.5) is 0 Å². The van der Waals surface area contributed by atoms with Crippen molar-refractivity contribution in [3.8, 4) is 0 Å². The molecule has 60 valence electrons. The van der Waals surface area contributed by atoms with Gasteiger partial charge in [-0.1, -0.05) is 13.8 Å². The van der Waals surface area contributed by atoms with Crippen LogP contribution in [0.5, 0.6) is 0 Å². The van der Waals surface area contributed by atoms with E-state index in [0.717, 1.165) is 12.2 Å². The molecule has 0 unspecified atom stereocenters. The lowest BCUT2D eigenvalue weighted by molar-refractivity contribution is 0.615. The zero-order valence-corrected chi connectivity index (χ0v) is 8.17. The highest BCUT2D eigenvalue weighted by Crippen LogP contribution is 2.04. The molecule has 11 heavy (non-hydrogen) atoms. The molecule has 1 aromatic heterocycles. The van der Waals surface area contributed by atoms with Gasteiger partial charge in [-0.15, -0.1) is 0 Å². The highest BCUT2D eigenvalue weighted by Gasteiger charge is 2.00. The van der Waals surface area contributed by atoms with Crippen LogP contribution >= 0.6 is 15.9 Å². The monoisotopic (exact) mass is 215 g/mol. The standard InChI is InChI=1S/C7H10BrN3/c1-5(2)3-6-9-4-10-7(8)11-6/h4-5H,3H2,1-2H3. The molecular formula is C7H10BrN3. The lowest BCUT2D eigenvalue weighted by Gasteiger charge is -2.01. The second-order valence-corrected chi connectivity index (χ2v) is 3.48. The summed E-state index contributed by atoms with van der Waals surface area (Å²) in [7, 11) is 0. The molecule has 0 aliphatic carbocycles. The zero-order chi connectivity index (χ0) is 8.27. The predicted octanol–water partition coefficient (Wildman–Crippen LogP) is 1.83. The van der Waals surface area contributed by atoms with Gasteiger partial charge in [0.1, 0.15) is 12.2 Å². The molecule has 0 fully saturated rings. The zero-order valence-electron chi connectivity index (χ0n) is 6.58. The van der Waals surface area contributed by atoms with Crippen molar-refractivity contribution in [2.75, 3.05) is 0 Å². The molecule has 0 aliphatic rings. The van der Waals surface area contributed by atoms with Gasteiger partial charge in [0.15, 0.2) is 4.73 Å². The van der Waals surface area contributed by atoms with Crippen LogP contribution in [0.3, 0.4) is 0 Å². The van der Waals surface area contributed by atoms with Crippen molar-refractivity contribution in [3.63, 3.8) is 0 Å². The molecule has 0 atom stereocenters. The van der Waals surface area contributed by atoms with Gasteiger partial charge in [0.25, 0.3) is 0 Å². The summed E-state index contributed by atoms with van der Waals surface area (Å²) in [6.45, 7) is 4.27. The molecular weight excluding hydrogens is 206 g/mol. The van der Waals surface area contributed by atoms with Crippen molar-refractivity contribution >= 4 is 15.9 Å². The van der Waals surface area contributed by atoms with Gasteiger partial charge < -0.3 is 0 Å². The maximum absolute atomic E-state index is 4.11. The van der Waals surface area contributed by atoms with Gasteiger partial charge in [-0.2, -0.15) is 0 Å². The van der Waals surface area contributed by atoms with Crippen molar-refractivity contribution in [2.45, 2.75) is 20.3 Å². The normalized spacial score (nSPS) is 10.5. The van der Waals surface area contributed by atoms with Gasteiger partial charge in [0.05, 0.1) is 0 Å². The Balaban J connectivity index is 2.71. The van der Waals surface area contributed by atoms with Gasteiger partial charge in [0.2, 0.25) is 0 Å². The van der Waals surface area contributed by atoms with E-state index in [4.69, 9.17) is 0 Å². The minimum absolute atomic E-state index is 0.587. The average molecular weight is 216 g/mol. The smallest absolute Gasteiger partial charge is 0.199 e. The first-order valence-electron chi connectivity index (χ1n) is 3.52. The largest absolute Gasteiger partial charge is 0.221 e. The number of aromatic nitrogens is 3. The molecule has 1 rings (SSSR count). The SMILES string of the molecule is CC(C)Cc1ncnc(Br)n1. The Morgan fingerprint density at radius 2 is 2.18 bits per heavy atom. The topological polar surface area (TPSA) is 38.7 Å². The average Bonchev–Trinajstić information content (AvgIpc) is 1.85. The third-order valence-corrected chi connectivity index (χ3v) is 1.57. The van der Waals surface area contributed by atoms with Gasteiger partial charge in [0, 0.05) is 6.42 Å². The summed E-state index contributed by atoms with van der Waals surface area (Å²) in [5, 5.41) is 0. The van der Waals surface area contributed by atoms with Crippen molar-refractivity contribution < 1.29 is 0 Å². The Hall–Kier alpha value is -0.510. The van der Waals surface area contributed by atoms with Crippen LogP contribution in [0.25, 0.3) is 0 Å². The minimum atomic E-state index is 0.587. The Morgan fingerprint density at radius 3 is 2.73 bits per heavy atom. The molecule has 0 aliphatic heterocycles. The predicted molar refractivity (Wildman–Crippen MR) is 46.1 cm³/mol. The highest BCUT2D eigenvalue weighted by molar-refractivity contribution is 9.10. The van der Waals surface area contributed by atoms with E-state index in [1.54, 1.807) is 0 Å². The summed E-state index contributed by atoms with van der Waals surface area (Å²) in [5.41, 5.74) is 0. The summed E-state index contributed by atoms with van der Waals surface area (Å²) in [4.78, 5) is 12.0. The molecule has 1 heterocycles. The van der Waals surface area contributed by atoms with Crippen molar-refractivity contribution in [2.24, 2.45) is 5.92 Å². The van der Waals surface area contributed by atoms with Crippen molar-refractivity contribution in [3.05, 3.63) is 16.9 Å². The second kappa shape index (κ2) is 3.76. The minimum Gasteiger partial charge on any atom is -0.221 e. The van der Waals surface area contributed by atoms with E-state index in [2.05, 4.69) is 44.7 Å². The molecule has 1 aromatic rings. The number of hydrogen-bond donors (Lipinski definition) is 0. The number of halogens is 1. The van der Waals surface area contributed by atoms with E-state index in [1.807, 2.05) is 0 Å². The molecule has 3 nitrogen and oxygen atoms in total. The molecule has 0 saturated carbocycles. The Bertz CT molecular complexity index is 237. The van der Waals surface area contributed by atoms with Crippen LogP contribution < -0.4 is 0 Å². The van der Waals surface area contributed by atoms with Gasteiger partial charge >= 0.3 is 0 Å². The molecule has 0 aromatic carbocycles. The first-order valence-corrected chi connectivity index (χ1v) is 4.31.